The lowest BCUT2D eigenvalue weighted by Gasteiger charge is -2.20. The van der Waals surface area contributed by atoms with Gasteiger partial charge < -0.3 is 36.6 Å². The second-order valence-electron chi connectivity index (χ2n) is 12.0. The first kappa shape index (κ1) is 36.5. The summed E-state index contributed by atoms with van der Waals surface area (Å²) in [4.78, 5) is 50.0. The number of hydrogen-bond acceptors (Lipinski definition) is 10. The molecular formula is C33H46ClN7O5. The van der Waals surface area contributed by atoms with Crippen molar-refractivity contribution in [3.05, 3.63) is 64.6 Å². The molecule has 2 heterocycles. The van der Waals surface area contributed by atoms with Crippen LogP contribution in [0.3, 0.4) is 0 Å². The smallest absolute Gasteiger partial charge is 0.323 e. The van der Waals surface area contributed by atoms with Crippen LogP contribution in [0.25, 0.3) is 11.3 Å². The van der Waals surface area contributed by atoms with Gasteiger partial charge in [-0.3, -0.25) is 14.4 Å². The number of nitrogens with two attached hydrogens (primary N) is 2. The molecule has 0 aliphatic heterocycles. The average Bonchev–Trinajstić information content (AvgIpc) is 3.52. The Morgan fingerprint density at radius 1 is 1.02 bits per heavy atom. The van der Waals surface area contributed by atoms with E-state index in [4.69, 9.17) is 32.5 Å². The molecule has 46 heavy (non-hydrogen) atoms. The van der Waals surface area contributed by atoms with Crippen molar-refractivity contribution in [3.63, 3.8) is 0 Å². The molecule has 1 aromatic carbocycles. The number of amides is 1. The van der Waals surface area contributed by atoms with Gasteiger partial charge in [-0.25, -0.2) is 9.97 Å². The number of anilines is 1. The van der Waals surface area contributed by atoms with Crippen LogP contribution in [-0.2, 0) is 19.1 Å². The van der Waals surface area contributed by atoms with Crippen molar-refractivity contribution in [2.75, 3.05) is 18.5 Å². The van der Waals surface area contributed by atoms with E-state index in [2.05, 4.69) is 25.6 Å². The molecule has 4 atom stereocenters. The van der Waals surface area contributed by atoms with E-state index in [-0.39, 0.29) is 37.0 Å². The highest BCUT2D eigenvalue weighted by molar-refractivity contribution is 6.30. The predicted molar refractivity (Wildman–Crippen MR) is 178 cm³/mol. The molecule has 2 aromatic heterocycles. The second kappa shape index (κ2) is 17.1. The zero-order valence-corrected chi connectivity index (χ0v) is 28.1. The molecule has 0 radical (unpaired) electrons. The Kier molecular flexibility index (Phi) is 13.5. The summed E-state index contributed by atoms with van der Waals surface area (Å²) >= 11 is 6.23. The molecule has 3 aromatic rings. The van der Waals surface area contributed by atoms with Crippen molar-refractivity contribution >= 4 is 35.4 Å². The maximum absolute atomic E-state index is 13.4. The van der Waals surface area contributed by atoms with E-state index < -0.39 is 30.1 Å². The number of hydrogen-bond donors (Lipinski definition) is 5. The number of benzene rings is 1. The summed E-state index contributed by atoms with van der Waals surface area (Å²) in [5.41, 5.74) is 15.0. The highest BCUT2D eigenvalue weighted by Crippen LogP contribution is 2.25. The Bertz CT molecular complexity index is 1480. The van der Waals surface area contributed by atoms with E-state index >= 15 is 0 Å². The summed E-state index contributed by atoms with van der Waals surface area (Å²) < 4.78 is 10.8. The largest absolute Gasteiger partial charge is 0.464 e. The Hall–Kier alpha value is -4.00. The molecule has 13 heteroatoms. The average molecular weight is 656 g/mol. The van der Waals surface area contributed by atoms with Gasteiger partial charge in [0.15, 0.2) is 0 Å². The number of esters is 2. The van der Waals surface area contributed by atoms with Crippen molar-refractivity contribution in [2.45, 2.75) is 78.6 Å². The van der Waals surface area contributed by atoms with Gasteiger partial charge in [-0.15, -0.1) is 0 Å². The molecule has 0 saturated carbocycles. The Balaban J connectivity index is 1.72. The molecule has 0 aliphatic carbocycles. The van der Waals surface area contributed by atoms with Gasteiger partial charge >= 0.3 is 11.9 Å². The van der Waals surface area contributed by atoms with Crippen LogP contribution in [0.1, 0.15) is 75.1 Å². The number of nitrogens with zero attached hydrogens (tertiary/aromatic N) is 2. The number of aromatic nitrogens is 3. The van der Waals surface area contributed by atoms with Gasteiger partial charge in [0.25, 0.3) is 5.91 Å². The number of aryl methyl sites for hydroxylation is 1. The van der Waals surface area contributed by atoms with Crippen LogP contribution in [0, 0.1) is 18.8 Å². The highest BCUT2D eigenvalue weighted by Gasteiger charge is 2.23. The molecule has 0 fully saturated rings. The zero-order chi connectivity index (χ0) is 34.0. The van der Waals surface area contributed by atoms with Crippen LogP contribution >= 0.6 is 11.6 Å². The molecule has 0 bridgehead atoms. The lowest BCUT2D eigenvalue weighted by Crippen LogP contribution is -2.39. The second-order valence-corrected chi connectivity index (χ2v) is 12.4. The maximum atomic E-state index is 13.4. The fourth-order valence-electron chi connectivity index (χ4n) is 4.39. The Morgan fingerprint density at radius 3 is 2.33 bits per heavy atom. The van der Waals surface area contributed by atoms with Crippen molar-refractivity contribution in [3.8, 4) is 11.3 Å². The zero-order valence-electron chi connectivity index (χ0n) is 27.3. The molecule has 7 N–H and O–H groups in total. The van der Waals surface area contributed by atoms with Gasteiger partial charge in [-0.1, -0.05) is 58.4 Å². The lowest BCUT2D eigenvalue weighted by atomic mass is 10.0. The number of ether oxygens (including phenoxy) is 2. The molecule has 0 spiro atoms. The third-order valence-corrected chi connectivity index (χ3v) is 7.85. The summed E-state index contributed by atoms with van der Waals surface area (Å²) in [5, 5.41) is 6.76. The molecule has 0 unspecified atom stereocenters. The minimum atomic E-state index is -0.725. The molecule has 250 valence electrons. The minimum Gasteiger partial charge on any atom is -0.464 e. The van der Waals surface area contributed by atoms with Crippen molar-refractivity contribution in [2.24, 2.45) is 23.3 Å². The predicted octanol–water partition coefficient (Wildman–Crippen LogP) is 4.54. The maximum Gasteiger partial charge on any atom is 0.323 e. The SMILES string of the molecule is CC[C@H](COC(=O)[C@@H](N)C(C)C)Nc1ncc(C)c(-c2c[nH]c(C(=O)N[C@H](CCOC(=O)[C@@H](N)C(C)C)c3cccc(Cl)c3)c2)n1. The minimum absolute atomic E-state index is 0.0294. The topological polar surface area (TPSA) is 187 Å². The van der Waals surface area contributed by atoms with Gasteiger partial charge in [0.05, 0.1) is 24.4 Å². The van der Waals surface area contributed by atoms with Gasteiger partial charge in [0, 0.05) is 29.4 Å². The van der Waals surface area contributed by atoms with Crippen molar-refractivity contribution in [1.82, 2.24) is 20.3 Å². The highest BCUT2D eigenvalue weighted by atomic mass is 35.5. The molecule has 0 saturated heterocycles. The van der Waals surface area contributed by atoms with Crippen LogP contribution in [0.5, 0.6) is 0 Å². The third kappa shape index (κ3) is 10.3. The van der Waals surface area contributed by atoms with E-state index in [0.29, 0.717) is 40.8 Å². The molecular weight excluding hydrogens is 610 g/mol. The summed E-state index contributed by atoms with van der Waals surface area (Å²) in [6, 6.07) is 6.72. The number of carbonyl (C=O) groups is 3. The van der Waals surface area contributed by atoms with E-state index in [1.54, 1.807) is 36.7 Å². The normalized spacial score (nSPS) is 14.0. The first-order valence-electron chi connectivity index (χ1n) is 15.5. The number of halogens is 1. The van der Waals surface area contributed by atoms with Crippen LogP contribution in [-0.4, -0.2) is 64.1 Å². The van der Waals surface area contributed by atoms with Crippen LogP contribution in [0.2, 0.25) is 5.02 Å². The van der Waals surface area contributed by atoms with E-state index in [9.17, 15) is 14.4 Å². The van der Waals surface area contributed by atoms with Crippen molar-refractivity contribution < 1.29 is 23.9 Å². The van der Waals surface area contributed by atoms with Gasteiger partial charge in [0.2, 0.25) is 5.95 Å². The fraction of sp³-hybridized carbons (Fsp3) is 0.485. The quantitative estimate of drug-likeness (QED) is 0.137. The molecule has 0 aliphatic rings. The number of nitrogens with one attached hydrogen (secondary N) is 3. The van der Waals surface area contributed by atoms with Crippen molar-refractivity contribution in [1.29, 1.82) is 0 Å². The standard InChI is InChI=1S/C33H46ClN7O5/c1-7-24(17-46-32(44)28(36)19(4)5)39-33-38-15-20(6)29(41-33)22-14-26(37-16-22)30(42)40-25(21-9-8-10-23(34)13-21)11-12-45-31(43)27(35)18(2)3/h8-10,13-16,18-19,24-25,27-28,37H,7,11-12,17,35-36H2,1-6H3,(H,40,42)(H,38,39,41)/t24-,25-,27+,28+/m1/s1. The Labute approximate surface area is 275 Å². The summed E-state index contributed by atoms with van der Waals surface area (Å²) in [5.74, 6) is -1.03. The van der Waals surface area contributed by atoms with Crippen LogP contribution in [0.4, 0.5) is 5.95 Å². The molecule has 1 amide bonds. The fourth-order valence-corrected chi connectivity index (χ4v) is 4.59. The summed E-state index contributed by atoms with van der Waals surface area (Å²) in [7, 11) is 0. The Morgan fingerprint density at radius 2 is 1.70 bits per heavy atom. The van der Waals surface area contributed by atoms with Gasteiger partial charge in [-0.2, -0.15) is 0 Å². The molecule has 3 rings (SSSR count). The van der Waals surface area contributed by atoms with E-state index in [1.165, 1.54) is 0 Å². The number of rotatable bonds is 16. The third-order valence-electron chi connectivity index (χ3n) is 7.61. The van der Waals surface area contributed by atoms with E-state index in [1.807, 2.05) is 47.6 Å². The number of H-pyrrole nitrogens is 1. The monoisotopic (exact) mass is 655 g/mol. The first-order valence-corrected chi connectivity index (χ1v) is 15.9. The van der Waals surface area contributed by atoms with E-state index in [0.717, 1.165) is 11.1 Å². The molecule has 12 nitrogen and oxygen atoms in total. The number of aromatic amines is 1. The van der Waals surface area contributed by atoms with Gasteiger partial charge in [-0.05, 0) is 54.5 Å². The first-order chi connectivity index (χ1) is 21.8. The van der Waals surface area contributed by atoms with Gasteiger partial charge in [0.1, 0.15) is 24.4 Å². The summed E-state index contributed by atoms with van der Waals surface area (Å²) in [6.07, 6.45) is 4.35. The van der Waals surface area contributed by atoms with Crippen LogP contribution in [0.15, 0.2) is 42.7 Å². The lowest BCUT2D eigenvalue weighted by molar-refractivity contribution is -0.147. The van der Waals surface area contributed by atoms with Crippen LogP contribution < -0.4 is 22.1 Å². The summed E-state index contributed by atoms with van der Waals surface area (Å²) in [6.45, 7) is 11.4. The number of carbonyl (C=O) groups excluding carboxylic acids is 3.